The molecule has 2 aliphatic rings. The van der Waals surface area contributed by atoms with Crippen LogP contribution in [0.1, 0.15) is 58.6 Å². The third-order valence-electron chi connectivity index (χ3n) is 6.31. The van der Waals surface area contributed by atoms with Gasteiger partial charge in [-0.15, -0.1) is 11.3 Å². The van der Waals surface area contributed by atoms with E-state index in [1.807, 2.05) is 18.2 Å². The largest absolute Gasteiger partial charge is 0.510 e. The molecule has 1 atom stereocenters. The molecule has 5 nitrogen and oxygen atoms in total. The SMILES string of the molecule is O=C(O)c1ccc(CCCN2C(=O)CC[C@@H]2C(O)=CCC2(c3ccccc3)CC2)s1. The number of carboxylic acids is 1. The topological polar surface area (TPSA) is 77.8 Å². The normalized spacial score (nSPS) is 20.5. The Balaban J connectivity index is 1.35. The molecule has 1 saturated heterocycles. The number of aliphatic hydroxyl groups is 1. The van der Waals surface area contributed by atoms with E-state index in [1.165, 1.54) is 16.9 Å². The molecule has 1 aliphatic carbocycles. The Morgan fingerprint density at radius 3 is 2.60 bits per heavy atom. The summed E-state index contributed by atoms with van der Waals surface area (Å²) in [5, 5.41) is 19.8. The molecule has 2 heterocycles. The molecular weight excluding hydrogens is 398 g/mol. The predicted molar refractivity (Wildman–Crippen MR) is 117 cm³/mol. The van der Waals surface area contributed by atoms with Crippen LogP contribution in [0.25, 0.3) is 0 Å². The van der Waals surface area contributed by atoms with Crippen LogP contribution < -0.4 is 0 Å². The van der Waals surface area contributed by atoms with Crippen molar-refractivity contribution < 1.29 is 19.8 Å². The maximum absolute atomic E-state index is 12.4. The van der Waals surface area contributed by atoms with Gasteiger partial charge in [0.05, 0.1) is 6.04 Å². The van der Waals surface area contributed by atoms with Crippen LogP contribution in [0, 0.1) is 0 Å². The number of carbonyl (C=O) groups is 2. The van der Waals surface area contributed by atoms with Gasteiger partial charge < -0.3 is 15.1 Å². The molecule has 1 aliphatic heterocycles. The minimum Gasteiger partial charge on any atom is -0.510 e. The quantitative estimate of drug-likeness (QED) is 0.558. The van der Waals surface area contributed by atoms with Crippen molar-refractivity contribution in [3.05, 3.63) is 69.6 Å². The highest BCUT2D eigenvalue weighted by Crippen LogP contribution is 2.51. The number of aromatic carboxylic acids is 1. The number of nitrogens with zero attached hydrogens (tertiary/aromatic N) is 1. The van der Waals surface area contributed by atoms with E-state index in [4.69, 9.17) is 5.11 Å². The lowest BCUT2D eigenvalue weighted by molar-refractivity contribution is -0.128. The number of aryl methyl sites for hydroxylation is 1. The van der Waals surface area contributed by atoms with Gasteiger partial charge >= 0.3 is 5.97 Å². The van der Waals surface area contributed by atoms with Crippen LogP contribution >= 0.6 is 11.3 Å². The second kappa shape index (κ2) is 8.64. The Morgan fingerprint density at radius 1 is 1.17 bits per heavy atom. The maximum Gasteiger partial charge on any atom is 0.345 e. The number of hydrogen-bond donors (Lipinski definition) is 2. The van der Waals surface area contributed by atoms with Gasteiger partial charge in [-0.3, -0.25) is 4.79 Å². The van der Waals surface area contributed by atoms with Crippen molar-refractivity contribution in [3.63, 3.8) is 0 Å². The van der Waals surface area contributed by atoms with Gasteiger partial charge in [0.25, 0.3) is 0 Å². The molecule has 1 saturated carbocycles. The molecule has 4 rings (SSSR count). The first-order valence-electron chi connectivity index (χ1n) is 10.5. The lowest BCUT2D eigenvalue weighted by atomic mass is 9.92. The molecule has 0 radical (unpaired) electrons. The van der Waals surface area contributed by atoms with E-state index in [2.05, 4.69) is 24.3 Å². The lowest BCUT2D eigenvalue weighted by Gasteiger charge is -2.25. The minimum atomic E-state index is -0.903. The van der Waals surface area contributed by atoms with Crippen molar-refractivity contribution in [2.75, 3.05) is 6.54 Å². The van der Waals surface area contributed by atoms with Crippen LogP contribution in [0.3, 0.4) is 0 Å². The van der Waals surface area contributed by atoms with E-state index in [9.17, 15) is 14.7 Å². The first-order valence-corrected chi connectivity index (χ1v) is 11.4. The summed E-state index contributed by atoms with van der Waals surface area (Å²) >= 11 is 1.28. The predicted octanol–water partition coefficient (Wildman–Crippen LogP) is 4.93. The van der Waals surface area contributed by atoms with Gasteiger partial charge in [0.2, 0.25) is 5.91 Å². The maximum atomic E-state index is 12.4. The summed E-state index contributed by atoms with van der Waals surface area (Å²) in [5.41, 5.74) is 1.47. The molecule has 1 aromatic carbocycles. The number of amides is 1. The van der Waals surface area contributed by atoms with Crippen LogP contribution in [-0.4, -0.2) is 39.6 Å². The van der Waals surface area contributed by atoms with Gasteiger partial charge in [-0.1, -0.05) is 30.3 Å². The molecule has 2 aromatic rings. The Kier molecular flexibility index (Phi) is 5.95. The first-order chi connectivity index (χ1) is 14.5. The molecule has 2 fully saturated rings. The molecule has 1 aromatic heterocycles. The number of hydrogen-bond acceptors (Lipinski definition) is 4. The van der Waals surface area contributed by atoms with Gasteiger partial charge in [0.15, 0.2) is 0 Å². The summed E-state index contributed by atoms with van der Waals surface area (Å²) in [5.74, 6) is -0.506. The third-order valence-corrected chi connectivity index (χ3v) is 7.44. The fraction of sp³-hybridized carbons (Fsp3) is 0.417. The molecule has 6 heteroatoms. The molecule has 0 unspecified atom stereocenters. The molecule has 1 amide bonds. The zero-order chi connectivity index (χ0) is 21.1. The van der Waals surface area contributed by atoms with E-state index >= 15 is 0 Å². The highest BCUT2D eigenvalue weighted by Gasteiger charge is 2.43. The van der Waals surface area contributed by atoms with Gasteiger partial charge in [-0.05, 0) is 67.7 Å². The number of carboxylic acid groups (broad SMARTS) is 1. The average molecular weight is 426 g/mol. The zero-order valence-corrected chi connectivity index (χ0v) is 17.7. The van der Waals surface area contributed by atoms with E-state index in [0.29, 0.717) is 30.0 Å². The summed E-state index contributed by atoms with van der Waals surface area (Å²) in [7, 11) is 0. The fourth-order valence-electron chi connectivity index (χ4n) is 4.36. The van der Waals surface area contributed by atoms with Crippen molar-refractivity contribution in [1.29, 1.82) is 0 Å². The van der Waals surface area contributed by atoms with E-state index in [-0.39, 0.29) is 17.4 Å². The second-order valence-corrected chi connectivity index (χ2v) is 9.46. The van der Waals surface area contributed by atoms with Crippen molar-refractivity contribution in [3.8, 4) is 0 Å². The summed E-state index contributed by atoms with van der Waals surface area (Å²) < 4.78 is 0. The zero-order valence-electron chi connectivity index (χ0n) is 16.9. The summed E-state index contributed by atoms with van der Waals surface area (Å²) in [6.45, 7) is 0.575. The van der Waals surface area contributed by atoms with Crippen molar-refractivity contribution >= 4 is 23.2 Å². The molecule has 0 bridgehead atoms. The number of benzene rings is 1. The second-order valence-electron chi connectivity index (χ2n) is 8.30. The number of allylic oxidation sites excluding steroid dienone is 1. The van der Waals surface area contributed by atoms with E-state index < -0.39 is 5.97 Å². The summed E-state index contributed by atoms with van der Waals surface area (Å²) in [4.78, 5) is 26.5. The monoisotopic (exact) mass is 425 g/mol. The van der Waals surface area contributed by atoms with Gasteiger partial charge in [-0.2, -0.15) is 0 Å². The number of thiophene rings is 1. The van der Waals surface area contributed by atoms with Crippen molar-refractivity contribution in [1.82, 2.24) is 4.90 Å². The lowest BCUT2D eigenvalue weighted by Crippen LogP contribution is -2.35. The Bertz CT molecular complexity index is 945. The highest BCUT2D eigenvalue weighted by atomic mass is 32.1. The minimum absolute atomic E-state index is 0.0848. The fourth-order valence-corrected chi connectivity index (χ4v) is 5.25. The number of carbonyl (C=O) groups excluding carboxylic acids is 1. The van der Waals surface area contributed by atoms with Crippen LogP contribution in [-0.2, 0) is 16.6 Å². The van der Waals surface area contributed by atoms with Gasteiger partial charge in [0.1, 0.15) is 10.6 Å². The van der Waals surface area contributed by atoms with E-state index in [1.54, 1.807) is 11.0 Å². The van der Waals surface area contributed by atoms with Crippen LogP contribution in [0.4, 0.5) is 0 Å². The van der Waals surface area contributed by atoms with Crippen LogP contribution in [0.2, 0.25) is 0 Å². The van der Waals surface area contributed by atoms with Crippen LogP contribution in [0.15, 0.2) is 54.3 Å². The number of likely N-dealkylation sites (tertiary alicyclic amines) is 1. The Morgan fingerprint density at radius 2 is 1.93 bits per heavy atom. The average Bonchev–Trinajstić information content (AvgIpc) is 3.23. The smallest absolute Gasteiger partial charge is 0.345 e. The van der Waals surface area contributed by atoms with Crippen LogP contribution in [0.5, 0.6) is 0 Å². The summed E-state index contributed by atoms with van der Waals surface area (Å²) in [6.07, 6.45) is 7.60. The molecule has 158 valence electrons. The Labute approximate surface area is 180 Å². The first kappa shape index (κ1) is 20.7. The number of aliphatic hydroxyl groups excluding tert-OH is 1. The van der Waals surface area contributed by atoms with Gasteiger partial charge in [-0.25, -0.2) is 4.79 Å². The highest BCUT2D eigenvalue weighted by molar-refractivity contribution is 7.13. The third kappa shape index (κ3) is 4.43. The standard InChI is InChI=1S/C24H27NO4S/c26-20(12-13-24(14-15-24)17-5-2-1-3-6-17)19-9-11-22(27)25(19)16-4-7-18-8-10-21(30-18)23(28)29/h1-3,5-6,8,10,12,19,26H,4,7,9,11,13-16H2,(H,28,29)/t19-/m1/s1. The van der Waals surface area contributed by atoms with E-state index in [0.717, 1.165) is 37.0 Å². The molecular formula is C24H27NO4S. The molecule has 2 N–H and O–H groups in total. The summed E-state index contributed by atoms with van der Waals surface area (Å²) in [6, 6.07) is 13.7. The Hall–Kier alpha value is -2.60. The number of rotatable bonds is 9. The van der Waals surface area contributed by atoms with Crippen molar-refractivity contribution in [2.24, 2.45) is 0 Å². The van der Waals surface area contributed by atoms with Gasteiger partial charge in [0, 0.05) is 17.8 Å². The molecule has 30 heavy (non-hydrogen) atoms. The van der Waals surface area contributed by atoms with Crippen molar-refractivity contribution in [2.45, 2.75) is 56.4 Å². The molecule has 0 spiro atoms.